The minimum atomic E-state index is -0.490. The first-order chi connectivity index (χ1) is 8.52. The molecule has 2 heterocycles. The number of carbonyl (C=O) groups is 1. The Kier molecular flexibility index (Phi) is 3.29. The van der Waals surface area contributed by atoms with Gasteiger partial charge >= 0.3 is 5.97 Å². The van der Waals surface area contributed by atoms with E-state index in [9.17, 15) is 4.79 Å². The van der Waals surface area contributed by atoms with Crippen molar-refractivity contribution in [3.05, 3.63) is 34.0 Å². The van der Waals surface area contributed by atoms with Crippen LogP contribution < -0.4 is 0 Å². The van der Waals surface area contributed by atoms with Crippen molar-refractivity contribution in [3.63, 3.8) is 0 Å². The Morgan fingerprint density at radius 1 is 1.50 bits per heavy atom. The van der Waals surface area contributed by atoms with Crippen LogP contribution in [0.15, 0.2) is 16.7 Å². The number of methoxy groups -OCH3 is 1. The van der Waals surface area contributed by atoms with Crippen LogP contribution in [0.25, 0.3) is 11.4 Å². The molecule has 2 aromatic heterocycles. The molecule has 0 fully saturated rings. The van der Waals surface area contributed by atoms with Gasteiger partial charge in [0.1, 0.15) is 28.1 Å². The van der Waals surface area contributed by atoms with Crippen molar-refractivity contribution in [3.8, 4) is 11.4 Å². The molecule has 18 heavy (non-hydrogen) atoms. The Bertz CT molecular complexity index is 658. The number of aromatic amines is 1. The average Bonchev–Trinajstić information content (AvgIpc) is 2.74. The Labute approximate surface area is 109 Å². The number of ether oxygens (including phenoxy) is 1. The summed E-state index contributed by atoms with van der Waals surface area (Å²) in [6.45, 7) is 3.59. The summed E-state index contributed by atoms with van der Waals surface area (Å²) in [6.07, 6.45) is 1.58. The van der Waals surface area contributed by atoms with Gasteiger partial charge in [-0.3, -0.25) is 0 Å². The number of H-pyrrole nitrogens is 1. The van der Waals surface area contributed by atoms with Crippen molar-refractivity contribution in [2.75, 3.05) is 7.11 Å². The molecule has 2 rings (SSSR count). The minimum absolute atomic E-state index is 0.215. The number of esters is 1. The summed E-state index contributed by atoms with van der Waals surface area (Å²) in [5.41, 5.74) is 1.70. The van der Waals surface area contributed by atoms with Gasteiger partial charge in [-0.05, 0) is 19.9 Å². The molecule has 0 radical (unpaired) electrons. The van der Waals surface area contributed by atoms with Crippen molar-refractivity contribution < 1.29 is 13.9 Å². The average molecular weight is 264 g/mol. The van der Waals surface area contributed by atoms with E-state index in [1.54, 1.807) is 13.2 Å². The quantitative estimate of drug-likeness (QED) is 0.667. The van der Waals surface area contributed by atoms with Crippen LogP contribution in [-0.4, -0.2) is 23.0 Å². The van der Waals surface area contributed by atoms with Gasteiger partial charge in [0.2, 0.25) is 0 Å². The SMILES string of the molecule is COC(=O)c1c(C)[nH]c(-c2coc(C)c2)nc1=S. The summed E-state index contributed by atoms with van der Waals surface area (Å²) in [5, 5.41) is 0. The van der Waals surface area contributed by atoms with Gasteiger partial charge in [-0.15, -0.1) is 0 Å². The maximum Gasteiger partial charge on any atom is 0.342 e. The molecule has 0 saturated heterocycles. The van der Waals surface area contributed by atoms with Crippen LogP contribution in [0.1, 0.15) is 21.8 Å². The third-order valence-corrected chi connectivity index (χ3v) is 2.80. The van der Waals surface area contributed by atoms with Gasteiger partial charge in [0.25, 0.3) is 0 Å². The monoisotopic (exact) mass is 264 g/mol. The van der Waals surface area contributed by atoms with E-state index in [0.717, 1.165) is 11.3 Å². The van der Waals surface area contributed by atoms with Gasteiger partial charge in [0, 0.05) is 5.69 Å². The molecule has 0 aliphatic rings. The maximum absolute atomic E-state index is 11.5. The summed E-state index contributed by atoms with van der Waals surface area (Å²) in [6, 6.07) is 1.84. The summed E-state index contributed by atoms with van der Waals surface area (Å²) in [5.74, 6) is 0.860. The first-order valence-corrected chi connectivity index (χ1v) is 5.68. The number of aryl methyl sites for hydroxylation is 2. The first kappa shape index (κ1) is 12.5. The van der Waals surface area contributed by atoms with Gasteiger partial charge in [-0.25, -0.2) is 9.78 Å². The van der Waals surface area contributed by atoms with Crippen LogP contribution in [0.3, 0.4) is 0 Å². The molecule has 0 spiro atoms. The molecule has 0 aromatic carbocycles. The standard InChI is InChI=1S/C12H12N2O3S/c1-6-4-8(5-17-6)10-13-7(2)9(11(18)14-10)12(15)16-3/h4-5H,1-3H3,(H,13,14,18). The van der Waals surface area contributed by atoms with E-state index < -0.39 is 5.97 Å². The van der Waals surface area contributed by atoms with E-state index in [4.69, 9.17) is 16.6 Å². The second-order valence-corrected chi connectivity index (χ2v) is 4.21. The Morgan fingerprint density at radius 3 is 2.72 bits per heavy atom. The molecule has 0 amide bonds. The lowest BCUT2D eigenvalue weighted by atomic mass is 10.2. The highest BCUT2D eigenvalue weighted by Gasteiger charge is 2.15. The fraction of sp³-hybridized carbons (Fsp3) is 0.250. The molecular formula is C12H12N2O3S. The second-order valence-electron chi connectivity index (χ2n) is 3.83. The van der Waals surface area contributed by atoms with Crippen molar-refractivity contribution in [1.29, 1.82) is 0 Å². The van der Waals surface area contributed by atoms with Crippen molar-refractivity contribution in [1.82, 2.24) is 9.97 Å². The molecule has 94 valence electrons. The highest BCUT2D eigenvalue weighted by molar-refractivity contribution is 7.71. The third-order valence-electron chi connectivity index (χ3n) is 2.50. The van der Waals surface area contributed by atoms with Crippen LogP contribution in [0.4, 0.5) is 0 Å². The number of rotatable bonds is 2. The van der Waals surface area contributed by atoms with E-state index in [1.807, 2.05) is 13.0 Å². The van der Waals surface area contributed by atoms with Crippen molar-refractivity contribution in [2.45, 2.75) is 13.8 Å². The van der Waals surface area contributed by atoms with E-state index in [1.165, 1.54) is 7.11 Å². The number of aromatic nitrogens is 2. The van der Waals surface area contributed by atoms with Crippen LogP contribution in [-0.2, 0) is 4.74 Å². The summed E-state index contributed by atoms with van der Waals surface area (Å²) >= 11 is 5.11. The molecular weight excluding hydrogens is 252 g/mol. The smallest absolute Gasteiger partial charge is 0.342 e. The van der Waals surface area contributed by atoms with Crippen LogP contribution in [0.5, 0.6) is 0 Å². The lowest BCUT2D eigenvalue weighted by Crippen LogP contribution is -2.08. The van der Waals surface area contributed by atoms with Crippen LogP contribution >= 0.6 is 12.2 Å². The van der Waals surface area contributed by atoms with E-state index in [0.29, 0.717) is 11.5 Å². The minimum Gasteiger partial charge on any atom is -0.469 e. The zero-order valence-corrected chi connectivity index (χ0v) is 11.1. The number of nitrogens with zero attached hydrogens (tertiary/aromatic N) is 1. The maximum atomic E-state index is 11.5. The fourth-order valence-electron chi connectivity index (χ4n) is 1.63. The summed E-state index contributed by atoms with van der Waals surface area (Å²) < 4.78 is 10.1. The summed E-state index contributed by atoms with van der Waals surface area (Å²) in [4.78, 5) is 18.7. The summed E-state index contributed by atoms with van der Waals surface area (Å²) in [7, 11) is 1.31. The molecule has 0 saturated carbocycles. The zero-order valence-electron chi connectivity index (χ0n) is 10.2. The zero-order chi connectivity index (χ0) is 13.3. The Morgan fingerprint density at radius 2 is 2.22 bits per heavy atom. The van der Waals surface area contributed by atoms with E-state index in [-0.39, 0.29) is 10.2 Å². The highest BCUT2D eigenvalue weighted by atomic mass is 32.1. The van der Waals surface area contributed by atoms with E-state index in [2.05, 4.69) is 14.7 Å². The fourth-order valence-corrected chi connectivity index (χ4v) is 1.96. The number of hydrogen-bond acceptors (Lipinski definition) is 5. The topological polar surface area (TPSA) is 68.1 Å². The second kappa shape index (κ2) is 4.73. The Hall–Kier alpha value is -1.95. The molecule has 0 aliphatic heterocycles. The number of furan rings is 1. The lowest BCUT2D eigenvalue weighted by Gasteiger charge is -2.06. The molecule has 0 aliphatic carbocycles. The van der Waals surface area contributed by atoms with Crippen molar-refractivity contribution >= 4 is 18.2 Å². The largest absolute Gasteiger partial charge is 0.469 e. The van der Waals surface area contributed by atoms with E-state index >= 15 is 0 Å². The van der Waals surface area contributed by atoms with Crippen molar-refractivity contribution in [2.24, 2.45) is 0 Å². The van der Waals surface area contributed by atoms with Crippen LogP contribution in [0.2, 0.25) is 0 Å². The Balaban J connectivity index is 2.56. The molecule has 0 atom stereocenters. The van der Waals surface area contributed by atoms with Gasteiger partial charge < -0.3 is 14.1 Å². The predicted octanol–water partition coefficient (Wildman–Crippen LogP) is 2.80. The number of nitrogens with one attached hydrogen (secondary N) is 1. The van der Waals surface area contributed by atoms with Gasteiger partial charge in [-0.2, -0.15) is 0 Å². The number of hydrogen-bond donors (Lipinski definition) is 1. The normalized spacial score (nSPS) is 10.4. The molecule has 0 unspecified atom stereocenters. The predicted molar refractivity (Wildman–Crippen MR) is 67.9 cm³/mol. The van der Waals surface area contributed by atoms with Crippen LogP contribution in [0, 0.1) is 18.5 Å². The van der Waals surface area contributed by atoms with Gasteiger partial charge in [-0.1, -0.05) is 12.2 Å². The van der Waals surface area contributed by atoms with Gasteiger partial charge in [0.05, 0.1) is 12.7 Å². The highest BCUT2D eigenvalue weighted by Crippen LogP contribution is 2.20. The molecule has 6 heteroatoms. The third kappa shape index (κ3) is 2.19. The number of carbonyl (C=O) groups excluding carboxylic acids is 1. The molecule has 0 bridgehead atoms. The molecule has 5 nitrogen and oxygen atoms in total. The first-order valence-electron chi connectivity index (χ1n) is 5.27. The van der Waals surface area contributed by atoms with Gasteiger partial charge in [0.15, 0.2) is 0 Å². The lowest BCUT2D eigenvalue weighted by molar-refractivity contribution is 0.0598. The molecule has 1 N–H and O–H groups in total. The molecule has 2 aromatic rings.